The standard InChI is InChI=1S/C19H37NO7SSi/c1-13-11-20(17(22)26-18(2,3)4)16(21)15(13)14(27-28(8,23)24)12-25-29(9,10)19(5,6)7/h13-15H,11-12H2,1-10H3. The molecular weight excluding hydrogens is 414 g/mol. The smallest absolute Gasteiger partial charge is 0.417 e. The van der Waals surface area contributed by atoms with Crippen LogP contribution in [-0.2, 0) is 28.3 Å². The van der Waals surface area contributed by atoms with Crippen LogP contribution in [0.25, 0.3) is 0 Å². The fourth-order valence-corrected chi connectivity index (χ4v) is 4.48. The Labute approximate surface area is 176 Å². The van der Waals surface area contributed by atoms with Crippen molar-refractivity contribution in [3.63, 3.8) is 0 Å². The van der Waals surface area contributed by atoms with Gasteiger partial charge in [0.05, 0.1) is 18.8 Å². The molecule has 0 aromatic heterocycles. The summed E-state index contributed by atoms with van der Waals surface area (Å²) >= 11 is 0. The summed E-state index contributed by atoms with van der Waals surface area (Å²) in [5.41, 5.74) is -0.743. The molecule has 0 aromatic rings. The molecule has 0 bridgehead atoms. The first-order valence-corrected chi connectivity index (χ1v) is 14.5. The highest BCUT2D eigenvalue weighted by Gasteiger charge is 2.49. The quantitative estimate of drug-likeness (QED) is 0.451. The summed E-state index contributed by atoms with van der Waals surface area (Å²) in [4.78, 5) is 26.4. The van der Waals surface area contributed by atoms with Gasteiger partial charge in [0.2, 0.25) is 5.91 Å². The van der Waals surface area contributed by atoms with E-state index in [-0.39, 0.29) is 24.1 Å². The van der Waals surface area contributed by atoms with Crippen molar-refractivity contribution in [1.82, 2.24) is 4.90 Å². The second kappa shape index (κ2) is 8.64. The molecule has 170 valence electrons. The average molecular weight is 452 g/mol. The molecule has 2 amide bonds. The summed E-state index contributed by atoms with van der Waals surface area (Å²) in [6, 6.07) is 0. The van der Waals surface area contributed by atoms with Gasteiger partial charge in [0.15, 0.2) is 8.32 Å². The number of nitrogens with zero attached hydrogens (tertiary/aromatic N) is 1. The molecule has 1 aliphatic rings. The van der Waals surface area contributed by atoms with E-state index in [0.29, 0.717) is 0 Å². The first kappa shape index (κ1) is 26.1. The molecule has 3 atom stereocenters. The van der Waals surface area contributed by atoms with E-state index in [1.165, 1.54) is 0 Å². The van der Waals surface area contributed by atoms with E-state index < -0.39 is 48.1 Å². The van der Waals surface area contributed by atoms with Crippen LogP contribution in [0.15, 0.2) is 0 Å². The molecule has 0 saturated carbocycles. The number of carbonyl (C=O) groups excluding carboxylic acids is 2. The van der Waals surface area contributed by atoms with Crippen molar-refractivity contribution in [2.24, 2.45) is 11.8 Å². The first-order valence-electron chi connectivity index (χ1n) is 9.82. The van der Waals surface area contributed by atoms with Crippen LogP contribution in [0.5, 0.6) is 0 Å². The fourth-order valence-electron chi connectivity index (χ4n) is 2.84. The van der Waals surface area contributed by atoms with Gasteiger partial charge in [-0.2, -0.15) is 8.42 Å². The molecule has 1 aliphatic heterocycles. The molecule has 1 fully saturated rings. The SMILES string of the molecule is CC1CN(C(=O)OC(C)(C)C)C(=O)C1C(CO[Si](C)(C)C(C)(C)C)OS(C)(=O)=O. The summed E-state index contributed by atoms with van der Waals surface area (Å²) in [6.45, 7) is 17.3. The van der Waals surface area contributed by atoms with Crippen molar-refractivity contribution in [3.8, 4) is 0 Å². The number of rotatable bonds is 6. The van der Waals surface area contributed by atoms with E-state index in [1.807, 2.05) is 13.1 Å². The number of amides is 2. The molecule has 1 saturated heterocycles. The molecule has 0 aromatic carbocycles. The minimum atomic E-state index is -3.83. The van der Waals surface area contributed by atoms with Gasteiger partial charge < -0.3 is 9.16 Å². The van der Waals surface area contributed by atoms with E-state index in [9.17, 15) is 18.0 Å². The maximum atomic E-state index is 13.0. The summed E-state index contributed by atoms with van der Waals surface area (Å²) in [5.74, 6) is -1.62. The largest absolute Gasteiger partial charge is 0.443 e. The lowest BCUT2D eigenvalue weighted by Gasteiger charge is -2.37. The molecule has 0 N–H and O–H groups in total. The lowest BCUT2D eigenvalue weighted by atomic mass is 9.92. The average Bonchev–Trinajstić information content (AvgIpc) is 2.74. The van der Waals surface area contributed by atoms with Crippen LogP contribution in [0.3, 0.4) is 0 Å². The summed E-state index contributed by atoms with van der Waals surface area (Å²) in [7, 11) is -6.03. The molecule has 3 unspecified atom stereocenters. The maximum absolute atomic E-state index is 13.0. The second-order valence-corrected chi connectivity index (χ2v) is 16.8. The summed E-state index contributed by atoms with van der Waals surface area (Å²) in [5, 5.41) is -0.0868. The van der Waals surface area contributed by atoms with Gasteiger partial charge in [-0.05, 0) is 44.8 Å². The highest BCUT2D eigenvalue weighted by atomic mass is 32.2. The zero-order valence-corrected chi connectivity index (χ0v) is 21.2. The number of hydrogen-bond donors (Lipinski definition) is 0. The van der Waals surface area contributed by atoms with Gasteiger partial charge in [-0.15, -0.1) is 0 Å². The van der Waals surface area contributed by atoms with Gasteiger partial charge in [0.1, 0.15) is 11.7 Å². The van der Waals surface area contributed by atoms with Gasteiger partial charge in [0, 0.05) is 6.54 Å². The maximum Gasteiger partial charge on any atom is 0.417 e. The first-order chi connectivity index (χ1) is 12.8. The fraction of sp³-hybridized carbons (Fsp3) is 0.895. The molecule has 0 aliphatic carbocycles. The van der Waals surface area contributed by atoms with Crippen LogP contribution in [-0.4, -0.2) is 64.7 Å². The van der Waals surface area contributed by atoms with Crippen LogP contribution in [0.4, 0.5) is 4.79 Å². The van der Waals surface area contributed by atoms with Crippen molar-refractivity contribution < 1.29 is 31.4 Å². The Bertz CT molecular complexity index is 722. The Kier molecular flexibility index (Phi) is 7.77. The zero-order valence-electron chi connectivity index (χ0n) is 19.4. The Hall–Kier alpha value is -0.973. The molecule has 0 spiro atoms. The molecule has 29 heavy (non-hydrogen) atoms. The van der Waals surface area contributed by atoms with Crippen LogP contribution in [0.1, 0.15) is 48.5 Å². The third kappa shape index (κ3) is 7.34. The number of carbonyl (C=O) groups is 2. The predicted octanol–water partition coefficient (Wildman–Crippen LogP) is 3.38. The van der Waals surface area contributed by atoms with Crippen LogP contribution in [0, 0.1) is 11.8 Å². The molecule has 0 radical (unpaired) electrons. The zero-order chi connectivity index (χ0) is 23.0. The van der Waals surface area contributed by atoms with Gasteiger partial charge in [-0.3, -0.25) is 8.98 Å². The predicted molar refractivity (Wildman–Crippen MR) is 113 cm³/mol. The number of hydrogen-bond acceptors (Lipinski definition) is 7. The molecule has 10 heteroatoms. The number of imide groups is 1. The number of likely N-dealkylation sites (tertiary alicyclic amines) is 1. The highest BCUT2D eigenvalue weighted by molar-refractivity contribution is 7.86. The molecule has 1 rings (SSSR count). The minimum Gasteiger partial charge on any atom is -0.443 e. The minimum absolute atomic E-state index is 0.0353. The van der Waals surface area contributed by atoms with E-state index >= 15 is 0 Å². The van der Waals surface area contributed by atoms with Crippen molar-refractivity contribution in [2.45, 2.75) is 78.3 Å². The van der Waals surface area contributed by atoms with E-state index in [4.69, 9.17) is 13.3 Å². The normalized spacial score (nSPS) is 22.7. The monoisotopic (exact) mass is 451 g/mol. The van der Waals surface area contributed by atoms with Crippen molar-refractivity contribution in [1.29, 1.82) is 0 Å². The van der Waals surface area contributed by atoms with Crippen LogP contribution < -0.4 is 0 Å². The molecular formula is C19H37NO7SSi. The lowest BCUT2D eigenvalue weighted by molar-refractivity contribution is -0.133. The van der Waals surface area contributed by atoms with Crippen LogP contribution in [0.2, 0.25) is 18.1 Å². The van der Waals surface area contributed by atoms with Crippen molar-refractivity contribution in [3.05, 3.63) is 0 Å². The van der Waals surface area contributed by atoms with Gasteiger partial charge in [0.25, 0.3) is 10.1 Å². The Morgan fingerprint density at radius 3 is 2.14 bits per heavy atom. The number of ether oxygens (including phenoxy) is 1. The van der Waals surface area contributed by atoms with E-state index in [1.54, 1.807) is 27.7 Å². The molecule has 1 heterocycles. The van der Waals surface area contributed by atoms with Gasteiger partial charge >= 0.3 is 6.09 Å². The lowest BCUT2D eigenvalue weighted by Crippen LogP contribution is -2.46. The van der Waals surface area contributed by atoms with Crippen LogP contribution >= 0.6 is 0 Å². The van der Waals surface area contributed by atoms with E-state index in [0.717, 1.165) is 11.2 Å². The highest BCUT2D eigenvalue weighted by Crippen LogP contribution is 2.38. The Balaban J connectivity index is 3.09. The molecule has 8 nitrogen and oxygen atoms in total. The van der Waals surface area contributed by atoms with E-state index in [2.05, 4.69) is 20.8 Å². The Morgan fingerprint density at radius 1 is 1.21 bits per heavy atom. The summed E-state index contributed by atoms with van der Waals surface area (Å²) in [6.07, 6.45) is -0.795. The summed E-state index contributed by atoms with van der Waals surface area (Å²) < 4.78 is 40.4. The van der Waals surface area contributed by atoms with Crippen molar-refractivity contribution in [2.75, 3.05) is 19.4 Å². The third-order valence-corrected chi connectivity index (χ3v) is 10.5. The van der Waals surface area contributed by atoms with Gasteiger partial charge in [-0.25, -0.2) is 9.69 Å². The third-order valence-electron chi connectivity index (χ3n) is 5.36. The topological polar surface area (TPSA) is 99.2 Å². The second-order valence-electron chi connectivity index (χ2n) is 10.3. The van der Waals surface area contributed by atoms with Crippen molar-refractivity contribution >= 4 is 30.4 Å². The Morgan fingerprint density at radius 2 is 1.72 bits per heavy atom. The van der Waals surface area contributed by atoms with Gasteiger partial charge in [-0.1, -0.05) is 27.7 Å².